The molecule has 0 saturated carbocycles. The molecule has 1 fully saturated rings. The van der Waals surface area contributed by atoms with Gasteiger partial charge in [0.05, 0.1) is 53.3 Å². The molecule has 2 aliphatic heterocycles. The summed E-state index contributed by atoms with van der Waals surface area (Å²) in [5.74, 6) is 0.313. The van der Waals surface area contributed by atoms with Crippen molar-refractivity contribution in [2.24, 2.45) is 5.41 Å². The first kappa shape index (κ1) is 45.7. The fourth-order valence-corrected chi connectivity index (χ4v) is 9.72. The third-order valence-electron chi connectivity index (χ3n) is 12.3. The molecule has 2 atom stereocenters. The molecule has 6 aromatic rings. The van der Waals surface area contributed by atoms with E-state index in [0.29, 0.717) is 50.3 Å². The number of amides is 4. The number of carbonyl (C=O) groups excluding carboxylic acids is 4. The van der Waals surface area contributed by atoms with E-state index < -0.39 is 17.5 Å². The molecule has 13 heteroatoms. The second-order valence-electron chi connectivity index (χ2n) is 18.0. The van der Waals surface area contributed by atoms with Crippen LogP contribution in [0, 0.1) is 12.3 Å². The molecule has 12 nitrogen and oxygen atoms in total. The Hall–Kier alpha value is -6.86. The first-order chi connectivity index (χ1) is 31.8. The van der Waals surface area contributed by atoms with Crippen LogP contribution in [0.15, 0.2) is 103 Å². The lowest BCUT2D eigenvalue weighted by molar-refractivity contribution is -0.143. The van der Waals surface area contributed by atoms with Gasteiger partial charge in [-0.15, -0.1) is 11.3 Å². The minimum absolute atomic E-state index is 0.108. The van der Waals surface area contributed by atoms with Crippen LogP contribution in [0.2, 0.25) is 0 Å². The summed E-state index contributed by atoms with van der Waals surface area (Å²) in [6, 6.07) is 30.6. The van der Waals surface area contributed by atoms with E-state index in [2.05, 4.69) is 39.1 Å². The van der Waals surface area contributed by atoms with Crippen LogP contribution in [-0.2, 0) is 38.6 Å². The van der Waals surface area contributed by atoms with E-state index in [1.165, 1.54) is 6.92 Å². The molecule has 2 aromatic heterocycles. The van der Waals surface area contributed by atoms with Gasteiger partial charge in [-0.2, -0.15) is 0 Å². The van der Waals surface area contributed by atoms with Gasteiger partial charge in [0.25, 0.3) is 0 Å². The van der Waals surface area contributed by atoms with Crippen molar-refractivity contribution in [3.8, 4) is 55.6 Å². The van der Waals surface area contributed by atoms with Gasteiger partial charge >= 0.3 is 0 Å². The summed E-state index contributed by atoms with van der Waals surface area (Å²) in [7, 11) is 1.62. The lowest BCUT2D eigenvalue weighted by atomic mass is 9.85. The third-order valence-corrected chi connectivity index (χ3v) is 13.3. The van der Waals surface area contributed by atoms with Crippen molar-refractivity contribution in [2.75, 3.05) is 25.6 Å². The zero-order chi connectivity index (χ0) is 46.5. The first-order valence-electron chi connectivity index (χ1n) is 22.5. The number of anilines is 1. The molecule has 340 valence electrons. The molecular formula is C53H56N6O6S. The van der Waals surface area contributed by atoms with Gasteiger partial charge in [0.2, 0.25) is 23.6 Å². The maximum Gasteiger partial charge on any atom is 0.246 e. The van der Waals surface area contributed by atoms with Crippen LogP contribution in [-0.4, -0.2) is 70.8 Å². The van der Waals surface area contributed by atoms with Crippen molar-refractivity contribution < 1.29 is 28.7 Å². The average molecular weight is 905 g/mol. The van der Waals surface area contributed by atoms with E-state index in [1.807, 2.05) is 112 Å². The van der Waals surface area contributed by atoms with Gasteiger partial charge in [-0.25, -0.2) is 9.97 Å². The van der Waals surface area contributed by atoms with Gasteiger partial charge in [0, 0.05) is 31.1 Å². The maximum atomic E-state index is 13.8. The summed E-state index contributed by atoms with van der Waals surface area (Å²) < 4.78 is 12.3. The quantitative estimate of drug-likeness (QED) is 0.0916. The highest BCUT2D eigenvalue weighted by Crippen LogP contribution is 2.42. The zero-order valence-corrected chi connectivity index (χ0v) is 39.1. The van der Waals surface area contributed by atoms with Gasteiger partial charge < -0.3 is 30.3 Å². The number of fused-ring (bicyclic) bond motifs is 3. The standard InChI is InChI=1S/C53H56N6O6S/c1-32-49(66-31-55-32)37-20-21-38(30-54-51(62)44-19-12-24-59(44)52(63)50(53(3,4)5)56-33(2)60)35(26-37)16-13-25-65-45-23-22-36(27-46(45)64-6)40-28-43(34-14-8-7-9-15-34)58-48-39-17-10-11-18-42(39)57-47(61)29-41(40)48/h7-11,14-15,17-18,20-23,26-28,31,44,50H,12-13,16,19,24-25,29-30H2,1-6H3,(H,54,62)(H,56,60)(H,57,61). The number of methoxy groups -OCH3 is 1. The molecular weight excluding hydrogens is 849 g/mol. The highest BCUT2D eigenvalue weighted by atomic mass is 32.1. The van der Waals surface area contributed by atoms with Crippen LogP contribution in [0.3, 0.4) is 0 Å². The number of nitrogens with zero attached hydrogens (tertiary/aromatic N) is 3. The number of rotatable bonds is 14. The number of hydrogen-bond acceptors (Lipinski definition) is 9. The molecule has 2 unspecified atom stereocenters. The molecule has 0 radical (unpaired) electrons. The molecule has 4 amide bonds. The predicted octanol–water partition coefficient (Wildman–Crippen LogP) is 9.19. The summed E-state index contributed by atoms with van der Waals surface area (Å²) in [5, 5.41) is 9.03. The van der Waals surface area contributed by atoms with Crippen LogP contribution < -0.4 is 25.4 Å². The summed E-state index contributed by atoms with van der Waals surface area (Å²) in [6.07, 6.45) is 2.76. The summed E-state index contributed by atoms with van der Waals surface area (Å²) >= 11 is 1.59. The fourth-order valence-electron chi connectivity index (χ4n) is 8.91. The SMILES string of the molecule is COc1cc(-c2cc(-c3ccccc3)nc3c2CC(=O)Nc2ccccc2-3)ccc1OCCCc1cc(-c2scnc2C)ccc1CNC(=O)C1CCCN1C(=O)C(NC(C)=O)C(C)(C)C. The predicted molar refractivity (Wildman–Crippen MR) is 259 cm³/mol. The Morgan fingerprint density at radius 2 is 1.68 bits per heavy atom. The minimum atomic E-state index is -0.745. The van der Waals surface area contributed by atoms with Crippen molar-refractivity contribution >= 4 is 40.7 Å². The largest absolute Gasteiger partial charge is 0.493 e. The molecule has 1 saturated heterocycles. The molecule has 0 spiro atoms. The van der Waals surface area contributed by atoms with Crippen molar-refractivity contribution in [3.05, 3.63) is 125 Å². The van der Waals surface area contributed by atoms with E-state index in [0.717, 1.165) is 72.2 Å². The van der Waals surface area contributed by atoms with Crippen molar-refractivity contribution in [1.29, 1.82) is 0 Å². The lowest BCUT2D eigenvalue weighted by Gasteiger charge is -2.35. The van der Waals surface area contributed by atoms with Crippen molar-refractivity contribution in [2.45, 2.75) is 85.4 Å². The zero-order valence-electron chi connectivity index (χ0n) is 38.3. The number of thiazole rings is 1. The van der Waals surface area contributed by atoms with Crippen LogP contribution in [0.25, 0.3) is 44.1 Å². The number of carbonyl (C=O) groups is 4. The Morgan fingerprint density at radius 1 is 0.909 bits per heavy atom. The Morgan fingerprint density at radius 3 is 2.42 bits per heavy atom. The number of likely N-dealkylation sites (tertiary alicyclic amines) is 1. The smallest absolute Gasteiger partial charge is 0.246 e. The normalized spacial score (nSPS) is 14.9. The number of nitrogens with one attached hydrogen (secondary N) is 3. The molecule has 0 bridgehead atoms. The number of benzene rings is 4. The molecule has 3 N–H and O–H groups in total. The van der Waals surface area contributed by atoms with E-state index in [9.17, 15) is 19.2 Å². The van der Waals surface area contributed by atoms with Crippen molar-refractivity contribution in [1.82, 2.24) is 25.5 Å². The highest BCUT2D eigenvalue weighted by molar-refractivity contribution is 7.13. The number of pyridine rings is 1. The Bertz CT molecular complexity index is 2780. The molecule has 66 heavy (non-hydrogen) atoms. The van der Waals surface area contributed by atoms with Gasteiger partial charge in [-0.3, -0.25) is 19.2 Å². The first-order valence-corrected chi connectivity index (χ1v) is 23.3. The van der Waals surface area contributed by atoms with Crippen LogP contribution in [0.4, 0.5) is 5.69 Å². The summed E-state index contributed by atoms with van der Waals surface area (Å²) in [4.78, 5) is 65.3. The topological polar surface area (TPSA) is 152 Å². The molecule has 4 heterocycles. The highest BCUT2D eigenvalue weighted by Gasteiger charge is 2.41. The maximum absolute atomic E-state index is 13.8. The fraction of sp³-hybridized carbons (Fsp3) is 0.321. The lowest BCUT2D eigenvalue weighted by Crippen LogP contribution is -2.57. The molecule has 8 rings (SSSR count). The van der Waals surface area contributed by atoms with Gasteiger partial charge in [-0.05, 0) is 102 Å². The van der Waals surface area contributed by atoms with E-state index in [1.54, 1.807) is 23.3 Å². The Balaban J connectivity index is 1.000. The molecule has 2 aliphatic rings. The van der Waals surface area contributed by atoms with Gasteiger partial charge in [-0.1, -0.05) is 87.5 Å². The van der Waals surface area contributed by atoms with Crippen LogP contribution in [0.1, 0.15) is 69.3 Å². The number of hydrogen-bond donors (Lipinski definition) is 3. The molecule has 4 aromatic carbocycles. The van der Waals surface area contributed by atoms with Crippen LogP contribution >= 0.6 is 11.3 Å². The summed E-state index contributed by atoms with van der Waals surface area (Å²) in [6.45, 7) is 10.3. The third kappa shape index (κ3) is 10.0. The number of ether oxygens (including phenoxy) is 2. The Kier molecular flexibility index (Phi) is 13.6. The van der Waals surface area contributed by atoms with Gasteiger partial charge in [0.1, 0.15) is 12.1 Å². The van der Waals surface area contributed by atoms with E-state index >= 15 is 0 Å². The Labute approximate surface area is 390 Å². The molecule has 0 aliphatic carbocycles. The van der Waals surface area contributed by atoms with E-state index in [-0.39, 0.29) is 36.6 Å². The monoisotopic (exact) mass is 904 g/mol. The van der Waals surface area contributed by atoms with Crippen LogP contribution in [0.5, 0.6) is 11.5 Å². The average Bonchev–Trinajstić information content (AvgIpc) is 3.95. The number of aromatic nitrogens is 2. The van der Waals surface area contributed by atoms with Crippen molar-refractivity contribution in [3.63, 3.8) is 0 Å². The second kappa shape index (κ2) is 19.7. The minimum Gasteiger partial charge on any atom is -0.493 e. The number of para-hydroxylation sites is 1. The van der Waals surface area contributed by atoms with E-state index in [4.69, 9.17) is 14.5 Å². The summed E-state index contributed by atoms with van der Waals surface area (Å²) in [5.41, 5.74) is 12.1. The van der Waals surface area contributed by atoms with Gasteiger partial charge in [0.15, 0.2) is 11.5 Å². The number of aryl methyl sites for hydroxylation is 2. The second-order valence-corrected chi connectivity index (χ2v) is 18.8.